The molecule has 0 spiro atoms. The summed E-state index contributed by atoms with van der Waals surface area (Å²) in [5, 5.41) is 10.7. The lowest BCUT2D eigenvalue weighted by atomic mass is 10.0. The smallest absolute Gasteiger partial charge is 0.254 e. The molecule has 36 heavy (non-hydrogen) atoms. The maximum atomic E-state index is 13.5. The van der Waals surface area contributed by atoms with Gasteiger partial charge in [-0.05, 0) is 37.6 Å². The van der Waals surface area contributed by atoms with E-state index in [1.807, 2.05) is 61.3 Å². The van der Waals surface area contributed by atoms with Crippen LogP contribution in [0.3, 0.4) is 0 Å². The topological polar surface area (TPSA) is 73.3 Å². The van der Waals surface area contributed by atoms with Crippen LogP contribution < -0.4 is 0 Å². The zero-order chi connectivity index (χ0) is 26.1. The third-order valence-corrected chi connectivity index (χ3v) is 6.39. The molecule has 1 heterocycles. The number of likely N-dealkylation sites (N-methyl/N-ethyl adjacent to an activating group) is 1. The van der Waals surface area contributed by atoms with Crippen molar-refractivity contribution in [2.45, 2.75) is 39.5 Å². The van der Waals surface area contributed by atoms with Crippen molar-refractivity contribution >= 4 is 11.8 Å². The van der Waals surface area contributed by atoms with Gasteiger partial charge < -0.3 is 19.6 Å². The van der Waals surface area contributed by atoms with E-state index in [1.54, 1.807) is 35.1 Å². The molecule has 3 rings (SSSR count). The number of allylic oxidation sites excluding steroid dienone is 5. The van der Waals surface area contributed by atoms with Crippen LogP contribution >= 0.6 is 0 Å². The van der Waals surface area contributed by atoms with Crippen LogP contribution in [0, 0.1) is 0 Å². The molecule has 0 saturated carbocycles. The van der Waals surface area contributed by atoms with Gasteiger partial charge in [0.05, 0.1) is 20.2 Å². The van der Waals surface area contributed by atoms with E-state index < -0.39 is 6.23 Å². The first-order chi connectivity index (χ1) is 17.4. The third-order valence-electron chi connectivity index (χ3n) is 6.39. The predicted octanol–water partition coefficient (Wildman–Crippen LogP) is 4.01. The second kappa shape index (κ2) is 13.0. The minimum Gasteiger partial charge on any atom is -0.497 e. The van der Waals surface area contributed by atoms with Gasteiger partial charge >= 0.3 is 0 Å². The van der Waals surface area contributed by atoms with Crippen LogP contribution in [-0.2, 0) is 16.1 Å². The highest BCUT2D eigenvalue weighted by Gasteiger charge is 2.29. The molecular weight excluding hydrogens is 454 g/mol. The highest BCUT2D eigenvalue weighted by atomic mass is 16.5. The number of fused-ring (bicyclic) bond motifs is 2. The Bertz CT molecular complexity index is 1070. The molecule has 1 aromatic carbocycles. The summed E-state index contributed by atoms with van der Waals surface area (Å²) in [5.41, 5.74) is 3.45. The molecule has 1 saturated heterocycles. The quantitative estimate of drug-likeness (QED) is 0.501. The standard InChI is InChI=1S/C29H37N3O4/c1-5-8-9-27(33)31-19-23-12-15-26(36-4)18-25(17-23)32(28(34)21-31)20-22-10-13-24(14-11-22)29(35)30(7-3)16-6-2/h5-6,8,10-15,18,27,33H,2,7,9,16-17,19-21H2,1,3-4H3/b8-5-. The van der Waals surface area contributed by atoms with Crippen LogP contribution in [0.2, 0.25) is 0 Å². The van der Waals surface area contributed by atoms with Crippen LogP contribution in [0.4, 0.5) is 0 Å². The first-order valence-electron chi connectivity index (χ1n) is 12.4. The van der Waals surface area contributed by atoms with Crippen LogP contribution in [-0.4, -0.2) is 71.1 Å². The van der Waals surface area contributed by atoms with Gasteiger partial charge in [0.25, 0.3) is 5.91 Å². The number of amides is 2. The summed E-state index contributed by atoms with van der Waals surface area (Å²) >= 11 is 0. The number of carbonyl (C=O) groups excluding carboxylic acids is 2. The molecular formula is C29H37N3O4. The number of aliphatic hydroxyl groups excluding tert-OH is 1. The van der Waals surface area contributed by atoms with Crippen molar-refractivity contribution in [1.82, 2.24) is 14.7 Å². The number of hydrogen-bond acceptors (Lipinski definition) is 5. The molecule has 7 heteroatoms. The van der Waals surface area contributed by atoms with Gasteiger partial charge in [0.15, 0.2) is 0 Å². The molecule has 1 aliphatic carbocycles. The lowest BCUT2D eigenvalue weighted by Gasteiger charge is -2.35. The summed E-state index contributed by atoms with van der Waals surface area (Å²) in [7, 11) is 1.61. The first-order valence-corrected chi connectivity index (χ1v) is 12.4. The van der Waals surface area contributed by atoms with Gasteiger partial charge in [0.1, 0.15) is 12.0 Å². The molecule has 2 bridgehead atoms. The second-order valence-corrected chi connectivity index (χ2v) is 8.91. The normalized spacial score (nSPS) is 17.4. The van der Waals surface area contributed by atoms with Crippen molar-refractivity contribution in [3.63, 3.8) is 0 Å². The van der Waals surface area contributed by atoms with E-state index in [0.29, 0.717) is 50.3 Å². The zero-order valence-corrected chi connectivity index (χ0v) is 21.5. The fourth-order valence-corrected chi connectivity index (χ4v) is 4.34. The SMILES string of the molecule is C=CCN(CC)C(=O)c1ccc(CN2C(=O)CN(C(O)C/C=C\C)CC3=CC=C(OC)C=C2C3)cc1. The number of benzene rings is 1. The van der Waals surface area contributed by atoms with Crippen molar-refractivity contribution in [2.24, 2.45) is 0 Å². The average Bonchev–Trinajstić information content (AvgIpc) is 3.10. The van der Waals surface area contributed by atoms with Gasteiger partial charge in [-0.1, -0.05) is 42.0 Å². The molecule has 0 aromatic heterocycles. The molecule has 1 fully saturated rings. The van der Waals surface area contributed by atoms with Gasteiger partial charge in [0, 0.05) is 49.8 Å². The molecule has 1 aliphatic heterocycles. The third kappa shape index (κ3) is 6.83. The van der Waals surface area contributed by atoms with E-state index in [9.17, 15) is 14.7 Å². The average molecular weight is 492 g/mol. The summed E-state index contributed by atoms with van der Waals surface area (Å²) < 4.78 is 5.50. The summed E-state index contributed by atoms with van der Waals surface area (Å²) in [6.07, 6.45) is 11.6. The lowest BCUT2D eigenvalue weighted by Crippen LogP contribution is -2.46. The monoisotopic (exact) mass is 491 g/mol. The fraction of sp³-hybridized carbons (Fsp3) is 0.379. The molecule has 1 aromatic rings. The maximum Gasteiger partial charge on any atom is 0.254 e. The summed E-state index contributed by atoms with van der Waals surface area (Å²) in [6.45, 7) is 9.62. The minimum atomic E-state index is -0.755. The molecule has 2 aliphatic rings. The Hall–Kier alpha value is -3.42. The second-order valence-electron chi connectivity index (χ2n) is 8.91. The van der Waals surface area contributed by atoms with E-state index >= 15 is 0 Å². The zero-order valence-electron chi connectivity index (χ0n) is 21.5. The summed E-state index contributed by atoms with van der Waals surface area (Å²) in [6, 6.07) is 7.39. The summed E-state index contributed by atoms with van der Waals surface area (Å²) in [5.74, 6) is 0.525. The van der Waals surface area contributed by atoms with E-state index in [1.165, 1.54) is 0 Å². The fourth-order valence-electron chi connectivity index (χ4n) is 4.34. The van der Waals surface area contributed by atoms with Gasteiger partial charge in [-0.15, -0.1) is 6.58 Å². The van der Waals surface area contributed by atoms with Crippen LogP contribution in [0.15, 0.2) is 84.3 Å². The number of hydrogen-bond donors (Lipinski definition) is 1. The van der Waals surface area contributed by atoms with Gasteiger partial charge in [-0.2, -0.15) is 0 Å². The largest absolute Gasteiger partial charge is 0.497 e. The Morgan fingerprint density at radius 3 is 2.64 bits per heavy atom. The molecule has 1 N–H and O–H groups in total. The Balaban J connectivity index is 1.87. The van der Waals surface area contributed by atoms with Gasteiger partial charge in [-0.25, -0.2) is 0 Å². The van der Waals surface area contributed by atoms with Gasteiger partial charge in [-0.3, -0.25) is 14.5 Å². The van der Waals surface area contributed by atoms with Crippen molar-refractivity contribution in [1.29, 1.82) is 0 Å². The molecule has 0 radical (unpaired) electrons. The van der Waals surface area contributed by atoms with Crippen molar-refractivity contribution < 1.29 is 19.4 Å². The van der Waals surface area contributed by atoms with Gasteiger partial charge in [0.2, 0.25) is 5.91 Å². The lowest BCUT2D eigenvalue weighted by molar-refractivity contribution is -0.134. The Morgan fingerprint density at radius 1 is 1.25 bits per heavy atom. The van der Waals surface area contributed by atoms with E-state index in [-0.39, 0.29) is 18.4 Å². The van der Waals surface area contributed by atoms with Crippen molar-refractivity contribution in [3.05, 3.63) is 95.5 Å². The molecule has 7 nitrogen and oxygen atoms in total. The number of carbonyl (C=O) groups is 2. The highest BCUT2D eigenvalue weighted by molar-refractivity contribution is 5.94. The van der Waals surface area contributed by atoms with Crippen molar-refractivity contribution in [3.8, 4) is 0 Å². The highest BCUT2D eigenvalue weighted by Crippen LogP contribution is 2.27. The number of ether oxygens (including phenoxy) is 1. The first kappa shape index (κ1) is 27.2. The molecule has 1 atom stereocenters. The van der Waals surface area contributed by atoms with Crippen LogP contribution in [0.5, 0.6) is 0 Å². The molecule has 1 unspecified atom stereocenters. The number of methoxy groups -OCH3 is 1. The number of aliphatic hydroxyl groups is 1. The van der Waals surface area contributed by atoms with E-state index in [0.717, 1.165) is 16.8 Å². The Kier molecular flexibility index (Phi) is 9.85. The van der Waals surface area contributed by atoms with Crippen LogP contribution in [0.1, 0.15) is 42.6 Å². The Morgan fingerprint density at radius 2 is 2.00 bits per heavy atom. The predicted molar refractivity (Wildman–Crippen MR) is 142 cm³/mol. The van der Waals surface area contributed by atoms with E-state index in [4.69, 9.17) is 4.74 Å². The maximum absolute atomic E-state index is 13.5. The summed E-state index contributed by atoms with van der Waals surface area (Å²) in [4.78, 5) is 31.6. The molecule has 2 amide bonds. The van der Waals surface area contributed by atoms with Crippen molar-refractivity contribution in [2.75, 3.05) is 33.3 Å². The number of rotatable bonds is 10. The molecule has 192 valence electrons. The Labute approximate surface area is 214 Å². The number of nitrogens with zero attached hydrogens (tertiary/aromatic N) is 3. The minimum absolute atomic E-state index is 0.0480. The van der Waals surface area contributed by atoms with Crippen LogP contribution in [0.25, 0.3) is 0 Å². The van der Waals surface area contributed by atoms with E-state index in [2.05, 4.69) is 6.58 Å².